The van der Waals surface area contributed by atoms with Crippen molar-refractivity contribution >= 4 is 33.5 Å². The Labute approximate surface area is 149 Å². The van der Waals surface area contributed by atoms with E-state index in [-0.39, 0.29) is 0 Å². The highest BCUT2D eigenvalue weighted by Gasteiger charge is 2.54. The van der Waals surface area contributed by atoms with Crippen LogP contribution in [-0.2, 0) is 0 Å². The molecule has 0 spiro atoms. The van der Waals surface area contributed by atoms with E-state index < -0.39 is 10.4 Å². The number of anilines is 2. The topological polar surface area (TPSA) is 6.02 Å². The molecule has 1 heterocycles. The third kappa shape index (κ3) is 2.46. The van der Waals surface area contributed by atoms with Crippen LogP contribution >= 0.6 is 22.2 Å². The predicted octanol–water partition coefficient (Wildman–Crippen LogP) is 5.97. The molecule has 3 aromatic carbocycles. The van der Waals surface area contributed by atoms with Crippen LogP contribution in [0.25, 0.3) is 0 Å². The maximum atomic E-state index is 2.45. The number of benzene rings is 3. The molecule has 1 atom stereocenters. The molecule has 1 aliphatic heterocycles. The van der Waals surface area contributed by atoms with Gasteiger partial charge < -0.3 is 0 Å². The second-order valence-corrected chi connectivity index (χ2v) is 9.44. The highest BCUT2D eigenvalue weighted by atomic mass is 32.3. The van der Waals surface area contributed by atoms with Gasteiger partial charge in [-0.1, -0.05) is 36.4 Å². The van der Waals surface area contributed by atoms with Crippen LogP contribution in [0, 0.1) is 0 Å². The summed E-state index contributed by atoms with van der Waals surface area (Å²) in [7, 11) is -1.20. The minimum atomic E-state index is -1.20. The standard InChI is InChI=1S/C20H20N2S2/c1-23-19-15-13-18(14-16-19)22-21(17-9-5-3-6-10-17)24(22,2)20-11-7-4-8-12-20/h3-16H,1-2H3. The first-order chi connectivity index (χ1) is 11.7. The number of para-hydroxylation sites is 1. The number of hydrogen-bond donors (Lipinski definition) is 0. The minimum Gasteiger partial charge on any atom is -0.213 e. The Bertz CT molecular complexity index is 821. The van der Waals surface area contributed by atoms with E-state index in [0.717, 1.165) is 0 Å². The van der Waals surface area contributed by atoms with Crippen LogP contribution in [-0.4, -0.2) is 12.5 Å². The fourth-order valence-corrected chi connectivity index (χ4v) is 6.49. The Kier molecular flexibility index (Phi) is 3.94. The first-order valence-corrected chi connectivity index (χ1v) is 11.1. The van der Waals surface area contributed by atoms with Crippen molar-refractivity contribution in [1.82, 2.24) is 0 Å². The summed E-state index contributed by atoms with van der Waals surface area (Å²) in [6.45, 7) is 0. The van der Waals surface area contributed by atoms with Gasteiger partial charge in [0, 0.05) is 16.0 Å². The zero-order chi connectivity index (χ0) is 16.6. The molecule has 2 nitrogen and oxygen atoms in total. The molecule has 0 N–H and O–H groups in total. The number of hydrazine groups is 1. The van der Waals surface area contributed by atoms with E-state index in [2.05, 4.69) is 106 Å². The lowest BCUT2D eigenvalue weighted by molar-refractivity contribution is 1.29. The number of hydrogen-bond acceptors (Lipinski definition) is 3. The molecule has 0 aliphatic carbocycles. The normalized spacial score (nSPS) is 22.1. The van der Waals surface area contributed by atoms with E-state index >= 15 is 0 Å². The van der Waals surface area contributed by atoms with Crippen molar-refractivity contribution < 1.29 is 0 Å². The van der Waals surface area contributed by atoms with Gasteiger partial charge >= 0.3 is 0 Å². The number of thioether (sulfide) groups is 1. The molecule has 1 saturated heterocycles. The first kappa shape index (κ1) is 15.5. The summed E-state index contributed by atoms with van der Waals surface area (Å²) in [6.07, 6.45) is 4.47. The van der Waals surface area contributed by atoms with Gasteiger partial charge in [0.2, 0.25) is 0 Å². The van der Waals surface area contributed by atoms with E-state index in [4.69, 9.17) is 0 Å². The van der Waals surface area contributed by atoms with Crippen LogP contribution in [0.4, 0.5) is 11.4 Å². The smallest absolute Gasteiger partial charge is 0.0718 e. The van der Waals surface area contributed by atoms with Crippen LogP contribution in [0.5, 0.6) is 0 Å². The fourth-order valence-electron chi connectivity index (χ4n) is 2.99. The summed E-state index contributed by atoms with van der Waals surface area (Å²) in [5, 5.41) is 0. The van der Waals surface area contributed by atoms with E-state index in [9.17, 15) is 0 Å². The molecule has 122 valence electrons. The van der Waals surface area contributed by atoms with Gasteiger partial charge in [-0.2, -0.15) is 0 Å². The Morgan fingerprint density at radius 2 is 1.17 bits per heavy atom. The van der Waals surface area contributed by atoms with Crippen LogP contribution in [0.3, 0.4) is 0 Å². The fraction of sp³-hybridized carbons (Fsp3) is 0.100. The molecule has 4 rings (SSSR count). The average Bonchev–Trinajstić information content (AvgIpc) is 3.30. The lowest BCUT2D eigenvalue weighted by Gasteiger charge is -2.14. The molecule has 0 amide bonds. The Morgan fingerprint density at radius 3 is 1.71 bits per heavy atom. The lowest BCUT2D eigenvalue weighted by Crippen LogP contribution is -2.03. The van der Waals surface area contributed by atoms with Gasteiger partial charge in [0.1, 0.15) is 0 Å². The summed E-state index contributed by atoms with van der Waals surface area (Å²) < 4.78 is 4.89. The van der Waals surface area contributed by atoms with Crippen molar-refractivity contribution in [2.24, 2.45) is 0 Å². The van der Waals surface area contributed by atoms with E-state index in [1.54, 1.807) is 11.8 Å². The summed E-state index contributed by atoms with van der Waals surface area (Å²) in [4.78, 5) is 2.67. The largest absolute Gasteiger partial charge is 0.213 e. The van der Waals surface area contributed by atoms with Gasteiger partial charge in [-0.3, -0.25) is 0 Å². The molecule has 1 unspecified atom stereocenters. The van der Waals surface area contributed by atoms with E-state index in [1.807, 2.05) is 0 Å². The quantitative estimate of drug-likeness (QED) is 0.421. The zero-order valence-electron chi connectivity index (χ0n) is 13.8. The van der Waals surface area contributed by atoms with Gasteiger partial charge in [-0.25, -0.2) is 8.83 Å². The monoisotopic (exact) mass is 352 g/mol. The van der Waals surface area contributed by atoms with Crippen molar-refractivity contribution in [1.29, 1.82) is 0 Å². The summed E-state index contributed by atoms with van der Waals surface area (Å²) >= 11 is 1.78. The minimum absolute atomic E-state index is 1.20. The van der Waals surface area contributed by atoms with Gasteiger partial charge in [-0.15, -0.1) is 11.8 Å². The molecule has 1 aliphatic rings. The zero-order valence-corrected chi connectivity index (χ0v) is 15.4. The molecular weight excluding hydrogens is 332 g/mol. The third-order valence-electron chi connectivity index (χ3n) is 4.27. The van der Waals surface area contributed by atoms with Crippen LogP contribution in [0.1, 0.15) is 0 Å². The van der Waals surface area contributed by atoms with Crippen molar-refractivity contribution in [2.75, 3.05) is 21.3 Å². The van der Waals surface area contributed by atoms with Crippen molar-refractivity contribution in [2.45, 2.75) is 9.79 Å². The number of nitrogens with zero attached hydrogens (tertiary/aromatic N) is 2. The number of rotatable bonds is 4. The van der Waals surface area contributed by atoms with Gasteiger partial charge in [-0.05, 0) is 65.2 Å². The summed E-state index contributed by atoms with van der Waals surface area (Å²) in [6, 6.07) is 30.3. The van der Waals surface area contributed by atoms with Gasteiger partial charge in [0.05, 0.1) is 11.4 Å². The molecule has 1 fully saturated rings. The second-order valence-electron chi connectivity index (χ2n) is 5.73. The van der Waals surface area contributed by atoms with Gasteiger partial charge in [0.15, 0.2) is 0 Å². The van der Waals surface area contributed by atoms with E-state index in [0.29, 0.717) is 0 Å². The maximum Gasteiger partial charge on any atom is 0.0718 e. The molecule has 0 saturated carbocycles. The Balaban J connectivity index is 1.78. The van der Waals surface area contributed by atoms with Crippen LogP contribution in [0.2, 0.25) is 0 Å². The van der Waals surface area contributed by atoms with Gasteiger partial charge in [0.25, 0.3) is 0 Å². The Morgan fingerprint density at radius 1 is 0.667 bits per heavy atom. The lowest BCUT2D eigenvalue weighted by atomic mass is 10.3. The highest BCUT2D eigenvalue weighted by Crippen LogP contribution is 2.75. The molecule has 0 bridgehead atoms. The molecule has 0 aromatic heterocycles. The maximum absolute atomic E-state index is 2.45. The molecule has 24 heavy (non-hydrogen) atoms. The Hall–Kier alpha value is -2.04. The first-order valence-electron chi connectivity index (χ1n) is 7.88. The molecule has 0 radical (unpaired) electrons. The highest BCUT2D eigenvalue weighted by molar-refractivity contribution is 8.41. The predicted molar refractivity (Wildman–Crippen MR) is 108 cm³/mol. The summed E-state index contributed by atoms with van der Waals surface area (Å²) in [5.74, 6) is 0. The van der Waals surface area contributed by atoms with Crippen molar-refractivity contribution in [3.05, 3.63) is 84.9 Å². The molecule has 3 aromatic rings. The second kappa shape index (κ2) is 6.11. The molecule has 4 heteroatoms. The third-order valence-corrected chi connectivity index (χ3v) is 8.13. The average molecular weight is 353 g/mol. The molecular formula is C20H20N2S2. The van der Waals surface area contributed by atoms with E-state index in [1.165, 1.54) is 21.2 Å². The SMILES string of the molecule is CSc1ccc(N2N(c3ccccc3)S2(C)c2ccccc2)cc1. The van der Waals surface area contributed by atoms with Crippen LogP contribution in [0.15, 0.2) is 94.7 Å². The van der Waals surface area contributed by atoms with Crippen LogP contribution < -0.4 is 8.83 Å². The van der Waals surface area contributed by atoms with Crippen molar-refractivity contribution in [3.8, 4) is 0 Å². The summed E-state index contributed by atoms with van der Waals surface area (Å²) in [5.41, 5.74) is 2.49. The van der Waals surface area contributed by atoms with Crippen molar-refractivity contribution in [3.63, 3.8) is 0 Å².